The zero-order valence-corrected chi connectivity index (χ0v) is 12.2. The standard InChI is InChI=1S/C16H23NO2/c1-5-12-13-9-11(15(18)10(3)4)7-8-14(13)17(6-2)16(12)19/h7-10,12,15,18H,5-6H2,1-4H3. The molecule has 1 N–H and O–H groups in total. The third kappa shape index (κ3) is 2.27. The maximum atomic E-state index is 12.3. The van der Waals surface area contributed by atoms with E-state index in [0.29, 0.717) is 6.54 Å². The van der Waals surface area contributed by atoms with E-state index in [1.54, 1.807) is 0 Å². The number of hydrogen-bond acceptors (Lipinski definition) is 2. The Bertz CT molecular complexity index is 482. The number of fused-ring (bicyclic) bond motifs is 1. The van der Waals surface area contributed by atoms with E-state index in [0.717, 1.165) is 23.2 Å². The van der Waals surface area contributed by atoms with Crippen LogP contribution < -0.4 is 4.90 Å². The minimum absolute atomic E-state index is 0.0470. The number of hydrogen-bond donors (Lipinski definition) is 1. The molecule has 0 fully saturated rings. The SMILES string of the molecule is CCC1C(=O)N(CC)c2ccc(C(O)C(C)C)cc21. The average molecular weight is 261 g/mol. The molecule has 0 saturated carbocycles. The molecule has 0 radical (unpaired) electrons. The fourth-order valence-electron chi connectivity index (χ4n) is 2.83. The Morgan fingerprint density at radius 1 is 1.32 bits per heavy atom. The van der Waals surface area contributed by atoms with E-state index < -0.39 is 6.10 Å². The zero-order chi connectivity index (χ0) is 14.2. The van der Waals surface area contributed by atoms with Crippen LogP contribution in [0.25, 0.3) is 0 Å². The molecule has 3 nitrogen and oxygen atoms in total. The number of benzene rings is 1. The Balaban J connectivity index is 2.45. The lowest BCUT2D eigenvalue weighted by Crippen LogP contribution is -2.28. The van der Waals surface area contributed by atoms with Crippen molar-refractivity contribution in [2.45, 2.75) is 46.1 Å². The van der Waals surface area contributed by atoms with Crippen molar-refractivity contribution >= 4 is 11.6 Å². The van der Waals surface area contributed by atoms with Gasteiger partial charge in [0, 0.05) is 12.2 Å². The fraction of sp³-hybridized carbons (Fsp3) is 0.562. The van der Waals surface area contributed by atoms with Crippen molar-refractivity contribution in [3.05, 3.63) is 29.3 Å². The van der Waals surface area contributed by atoms with Crippen molar-refractivity contribution in [1.82, 2.24) is 0 Å². The van der Waals surface area contributed by atoms with Gasteiger partial charge in [0.25, 0.3) is 0 Å². The zero-order valence-electron chi connectivity index (χ0n) is 12.2. The monoisotopic (exact) mass is 261 g/mol. The molecule has 0 aliphatic carbocycles. The summed E-state index contributed by atoms with van der Waals surface area (Å²) in [6.07, 6.45) is 0.345. The van der Waals surface area contributed by atoms with Crippen molar-refractivity contribution in [3.8, 4) is 0 Å². The highest BCUT2D eigenvalue weighted by atomic mass is 16.3. The van der Waals surface area contributed by atoms with Crippen LogP contribution in [0.5, 0.6) is 0 Å². The quantitative estimate of drug-likeness (QED) is 0.904. The van der Waals surface area contributed by atoms with Crippen LogP contribution in [0.3, 0.4) is 0 Å². The first-order chi connectivity index (χ1) is 9.01. The molecular weight excluding hydrogens is 238 g/mol. The van der Waals surface area contributed by atoms with Crippen molar-refractivity contribution in [2.24, 2.45) is 5.92 Å². The van der Waals surface area contributed by atoms with Crippen molar-refractivity contribution in [2.75, 3.05) is 11.4 Å². The number of likely N-dealkylation sites (N-methyl/N-ethyl adjacent to an activating group) is 1. The van der Waals surface area contributed by atoms with Gasteiger partial charge in [-0.25, -0.2) is 0 Å². The Morgan fingerprint density at radius 3 is 2.53 bits per heavy atom. The third-order valence-electron chi connectivity index (χ3n) is 3.98. The van der Waals surface area contributed by atoms with Crippen molar-refractivity contribution < 1.29 is 9.90 Å². The molecule has 1 aliphatic rings. The Kier molecular flexibility index (Phi) is 3.95. The lowest BCUT2D eigenvalue weighted by molar-refractivity contribution is -0.119. The Morgan fingerprint density at radius 2 is 2.00 bits per heavy atom. The second kappa shape index (κ2) is 5.33. The summed E-state index contributed by atoms with van der Waals surface area (Å²) in [4.78, 5) is 14.1. The van der Waals surface area contributed by atoms with Crippen molar-refractivity contribution in [1.29, 1.82) is 0 Å². The molecule has 1 heterocycles. The van der Waals surface area contributed by atoms with Crippen molar-refractivity contribution in [3.63, 3.8) is 0 Å². The first kappa shape index (κ1) is 14.1. The molecule has 0 bridgehead atoms. The van der Waals surface area contributed by atoms with Gasteiger partial charge in [0.2, 0.25) is 5.91 Å². The van der Waals surface area contributed by atoms with Crippen LogP contribution in [0.15, 0.2) is 18.2 Å². The molecule has 0 aromatic heterocycles. The van der Waals surface area contributed by atoms with Crippen LogP contribution in [-0.4, -0.2) is 17.6 Å². The highest BCUT2D eigenvalue weighted by Gasteiger charge is 2.35. The highest BCUT2D eigenvalue weighted by Crippen LogP contribution is 2.40. The Hall–Kier alpha value is -1.35. The molecule has 104 valence electrons. The van der Waals surface area contributed by atoms with E-state index in [2.05, 4.69) is 0 Å². The number of nitrogens with zero attached hydrogens (tertiary/aromatic N) is 1. The number of anilines is 1. The predicted molar refractivity (Wildman–Crippen MR) is 77.3 cm³/mol. The lowest BCUT2D eigenvalue weighted by atomic mass is 9.92. The van der Waals surface area contributed by atoms with Gasteiger partial charge in [0.05, 0.1) is 12.0 Å². The van der Waals surface area contributed by atoms with Gasteiger partial charge in [0.1, 0.15) is 0 Å². The fourth-order valence-corrected chi connectivity index (χ4v) is 2.83. The van der Waals surface area contributed by atoms with Gasteiger partial charge in [-0.2, -0.15) is 0 Å². The summed E-state index contributed by atoms with van der Waals surface area (Å²) in [6.45, 7) is 8.74. The molecule has 1 aromatic carbocycles. The highest BCUT2D eigenvalue weighted by molar-refractivity contribution is 6.04. The van der Waals surface area contributed by atoms with E-state index >= 15 is 0 Å². The first-order valence-electron chi connectivity index (χ1n) is 7.14. The number of rotatable bonds is 4. The maximum Gasteiger partial charge on any atom is 0.234 e. The summed E-state index contributed by atoms with van der Waals surface area (Å²) in [5, 5.41) is 10.2. The number of carbonyl (C=O) groups excluding carboxylic acids is 1. The second-order valence-corrected chi connectivity index (χ2v) is 5.55. The summed E-state index contributed by atoms with van der Waals surface area (Å²) >= 11 is 0. The number of amides is 1. The average Bonchev–Trinajstić information content (AvgIpc) is 2.67. The topological polar surface area (TPSA) is 40.5 Å². The van der Waals surface area contributed by atoms with Crippen LogP contribution in [-0.2, 0) is 4.79 Å². The number of carbonyl (C=O) groups is 1. The van der Waals surface area contributed by atoms with Crippen LogP contribution in [0.4, 0.5) is 5.69 Å². The second-order valence-electron chi connectivity index (χ2n) is 5.55. The third-order valence-corrected chi connectivity index (χ3v) is 3.98. The van der Waals surface area contributed by atoms with E-state index in [4.69, 9.17) is 0 Å². The van der Waals surface area contributed by atoms with Crippen LogP contribution in [0, 0.1) is 5.92 Å². The van der Waals surface area contributed by atoms with Gasteiger partial charge in [-0.3, -0.25) is 4.79 Å². The van der Waals surface area contributed by atoms with E-state index in [1.165, 1.54) is 0 Å². The molecule has 2 unspecified atom stereocenters. The smallest absolute Gasteiger partial charge is 0.234 e. The molecule has 2 atom stereocenters. The molecule has 3 heteroatoms. The molecule has 0 saturated heterocycles. The Labute approximate surface area is 115 Å². The summed E-state index contributed by atoms with van der Waals surface area (Å²) in [6, 6.07) is 5.94. The minimum atomic E-state index is -0.464. The lowest BCUT2D eigenvalue weighted by Gasteiger charge is -2.18. The maximum absolute atomic E-state index is 12.3. The first-order valence-corrected chi connectivity index (χ1v) is 7.14. The molecule has 19 heavy (non-hydrogen) atoms. The van der Waals surface area contributed by atoms with Gasteiger partial charge in [-0.15, -0.1) is 0 Å². The molecule has 0 spiro atoms. The molecule has 1 aliphatic heterocycles. The number of aliphatic hydroxyl groups is 1. The van der Waals surface area contributed by atoms with Crippen LogP contribution in [0.2, 0.25) is 0 Å². The summed E-state index contributed by atoms with van der Waals surface area (Å²) in [5.74, 6) is 0.322. The van der Waals surface area contributed by atoms with Gasteiger partial charge < -0.3 is 10.0 Å². The van der Waals surface area contributed by atoms with E-state index in [-0.39, 0.29) is 17.7 Å². The van der Waals surface area contributed by atoms with Gasteiger partial charge in [-0.05, 0) is 36.5 Å². The molecular formula is C16H23NO2. The predicted octanol–water partition coefficient (Wildman–Crippen LogP) is 3.24. The van der Waals surface area contributed by atoms with Gasteiger partial charge >= 0.3 is 0 Å². The molecule has 1 aromatic rings. The van der Waals surface area contributed by atoms with Crippen LogP contribution in [0.1, 0.15) is 57.3 Å². The largest absolute Gasteiger partial charge is 0.388 e. The normalized spacial score (nSPS) is 20.0. The number of aliphatic hydroxyl groups excluding tert-OH is 1. The minimum Gasteiger partial charge on any atom is -0.388 e. The summed E-state index contributed by atoms with van der Waals surface area (Å²) in [7, 11) is 0. The summed E-state index contributed by atoms with van der Waals surface area (Å²) in [5.41, 5.74) is 3.00. The van der Waals surface area contributed by atoms with E-state index in [9.17, 15) is 9.90 Å². The molecule has 1 amide bonds. The van der Waals surface area contributed by atoms with Gasteiger partial charge in [0.15, 0.2) is 0 Å². The summed E-state index contributed by atoms with van der Waals surface area (Å²) < 4.78 is 0. The van der Waals surface area contributed by atoms with E-state index in [1.807, 2.05) is 50.8 Å². The molecule has 2 rings (SSSR count). The van der Waals surface area contributed by atoms with Gasteiger partial charge in [-0.1, -0.05) is 32.9 Å². The van der Waals surface area contributed by atoms with Crippen LogP contribution >= 0.6 is 0 Å².